The van der Waals surface area contributed by atoms with Crippen molar-refractivity contribution < 1.29 is 24.0 Å². The lowest BCUT2D eigenvalue weighted by Crippen LogP contribution is -2.40. The first kappa shape index (κ1) is 17.5. The molecule has 0 radical (unpaired) electrons. The number of alkyl halides is 1. The van der Waals surface area contributed by atoms with Crippen molar-refractivity contribution in [3.8, 4) is 0 Å². The molecule has 21 heavy (non-hydrogen) atoms. The number of hydrogen-bond donors (Lipinski definition) is 2. The zero-order valence-electron chi connectivity index (χ0n) is 11.4. The molecule has 0 spiro atoms. The largest absolute Gasteiger partial charge is 0.349 e. The Morgan fingerprint density at radius 3 is 2.19 bits per heavy atom. The number of Topliss-reactive ketones (excluding diaryl/α,β-unsaturated/α-hetero) is 1. The highest BCUT2D eigenvalue weighted by molar-refractivity contribution is 6.28. The predicted octanol–water partition coefficient (Wildman–Crippen LogP) is -0.774. The van der Waals surface area contributed by atoms with Gasteiger partial charge < -0.3 is 16.3 Å². The molecule has 1 heterocycles. The molecule has 4 N–H and O–H groups in total. The predicted molar refractivity (Wildman–Crippen MR) is 72.7 cm³/mol. The molecule has 2 atom stereocenters. The van der Waals surface area contributed by atoms with Crippen molar-refractivity contribution in [1.82, 2.24) is 5.06 Å². The van der Waals surface area contributed by atoms with Gasteiger partial charge in [0.05, 0.1) is 11.9 Å². The minimum atomic E-state index is -0.996. The number of amides is 2. The Morgan fingerprint density at radius 1 is 1.14 bits per heavy atom. The van der Waals surface area contributed by atoms with Crippen LogP contribution in [0.15, 0.2) is 0 Å². The molecule has 1 saturated heterocycles. The summed E-state index contributed by atoms with van der Waals surface area (Å²) in [5.41, 5.74) is 11.2. The molecule has 1 rings (SSSR count). The van der Waals surface area contributed by atoms with Gasteiger partial charge in [0.25, 0.3) is 11.8 Å². The zero-order chi connectivity index (χ0) is 16.0. The summed E-state index contributed by atoms with van der Waals surface area (Å²) in [6.45, 7) is 0. The fourth-order valence-electron chi connectivity index (χ4n) is 1.75. The number of rotatable bonds is 8. The molecular formula is C12H18ClN3O5. The summed E-state index contributed by atoms with van der Waals surface area (Å²) in [5.74, 6) is -2.42. The smallest absolute Gasteiger partial charge is 0.329 e. The lowest BCUT2D eigenvalue weighted by molar-refractivity contribution is -0.198. The van der Waals surface area contributed by atoms with Crippen LogP contribution in [-0.2, 0) is 24.0 Å². The average Bonchev–Trinajstić information content (AvgIpc) is 2.77. The van der Waals surface area contributed by atoms with E-state index in [1.165, 1.54) is 0 Å². The van der Waals surface area contributed by atoms with E-state index in [9.17, 15) is 19.2 Å². The molecule has 0 aromatic rings. The number of ketones is 1. The minimum absolute atomic E-state index is 0.0245. The highest BCUT2D eigenvalue weighted by atomic mass is 35.5. The van der Waals surface area contributed by atoms with Gasteiger partial charge >= 0.3 is 5.97 Å². The normalized spacial score (nSPS) is 17.8. The van der Waals surface area contributed by atoms with E-state index in [4.69, 9.17) is 23.1 Å². The molecule has 1 fully saturated rings. The van der Waals surface area contributed by atoms with Gasteiger partial charge in [0.15, 0.2) is 5.78 Å². The van der Waals surface area contributed by atoms with Crippen molar-refractivity contribution in [3.05, 3.63) is 0 Å². The maximum atomic E-state index is 11.6. The number of imide groups is 1. The van der Waals surface area contributed by atoms with Gasteiger partial charge in [-0.25, -0.2) is 4.79 Å². The average molecular weight is 320 g/mol. The Morgan fingerprint density at radius 2 is 1.67 bits per heavy atom. The standard InChI is InChI=1S/C12H18ClN3O5/c13-6-9(17)7(14)2-1-3-8(15)12(20)21-16-10(18)4-5-11(16)19/h7-8H,1-6,14-15H2/t7?,8-/m0/s1. The molecule has 1 unspecified atom stereocenters. The van der Waals surface area contributed by atoms with E-state index < -0.39 is 29.9 Å². The molecule has 118 valence electrons. The van der Waals surface area contributed by atoms with Crippen molar-refractivity contribution in [2.24, 2.45) is 11.5 Å². The van der Waals surface area contributed by atoms with Crippen LogP contribution in [-0.4, -0.2) is 46.6 Å². The molecule has 9 heteroatoms. The molecule has 0 aromatic heterocycles. The molecule has 2 amide bonds. The van der Waals surface area contributed by atoms with Crippen molar-refractivity contribution in [2.75, 3.05) is 5.88 Å². The maximum Gasteiger partial charge on any atom is 0.349 e. The Hall–Kier alpha value is -1.51. The number of nitrogens with zero attached hydrogens (tertiary/aromatic N) is 1. The lowest BCUT2D eigenvalue weighted by atomic mass is 10.0. The number of hydrogen-bond acceptors (Lipinski definition) is 7. The first-order chi connectivity index (χ1) is 9.86. The summed E-state index contributed by atoms with van der Waals surface area (Å²) < 4.78 is 0. The third-order valence-corrected chi connectivity index (χ3v) is 3.33. The van der Waals surface area contributed by atoms with Gasteiger partial charge in [0.2, 0.25) is 0 Å². The zero-order valence-corrected chi connectivity index (χ0v) is 12.2. The van der Waals surface area contributed by atoms with E-state index in [0.717, 1.165) is 0 Å². The minimum Gasteiger partial charge on any atom is -0.329 e. The second-order valence-electron chi connectivity index (χ2n) is 4.74. The molecular weight excluding hydrogens is 302 g/mol. The van der Waals surface area contributed by atoms with Crippen LogP contribution in [0.4, 0.5) is 0 Å². The Labute approximate surface area is 126 Å². The molecule has 0 aromatic carbocycles. The van der Waals surface area contributed by atoms with Crippen molar-refractivity contribution in [1.29, 1.82) is 0 Å². The third kappa shape index (κ3) is 5.07. The number of halogens is 1. The highest BCUT2D eigenvalue weighted by Gasteiger charge is 2.34. The van der Waals surface area contributed by atoms with Crippen LogP contribution in [0.1, 0.15) is 32.1 Å². The van der Waals surface area contributed by atoms with Crippen LogP contribution in [0.25, 0.3) is 0 Å². The third-order valence-electron chi connectivity index (χ3n) is 3.07. The summed E-state index contributed by atoms with van der Waals surface area (Å²) in [6, 6.07) is -1.68. The first-order valence-electron chi connectivity index (χ1n) is 6.54. The van der Waals surface area contributed by atoms with Crippen LogP contribution in [0, 0.1) is 0 Å². The number of nitrogens with two attached hydrogens (primary N) is 2. The van der Waals surface area contributed by atoms with E-state index in [1.807, 2.05) is 0 Å². The van der Waals surface area contributed by atoms with Crippen molar-refractivity contribution >= 4 is 35.2 Å². The molecule has 8 nitrogen and oxygen atoms in total. The van der Waals surface area contributed by atoms with E-state index in [2.05, 4.69) is 4.84 Å². The van der Waals surface area contributed by atoms with Crippen molar-refractivity contribution in [3.63, 3.8) is 0 Å². The van der Waals surface area contributed by atoms with Gasteiger partial charge in [-0.2, -0.15) is 0 Å². The monoisotopic (exact) mass is 319 g/mol. The molecule has 0 bridgehead atoms. The van der Waals surface area contributed by atoms with Crippen LogP contribution in [0.5, 0.6) is 0 Å². The molecule has 0 saturated carbocycles. The second kappa shape index (κ2) is 8.06. The molecule has 1 aliphatic heterocycles. The summed E-state index contributed by atoms with van der Waals surface area (Å²) in [5, 5.41) is 0.449. The molecule has 1 aliphatic rings. The quantitative estimate of drug-likeness (QED) is 0.443. The fraction of sp³-hybridized carbons (Fsp3) is 0.667. The van der Waals surface area contributed by atoms with E-state index >= 15 is 0 Å². The van der Waals surface area contributed by atoms with E-state index in [1.54, 1.807) is 0 Å². The van der Waals surface area contributed by atoms with E-state index in [0.29, 0.717) is 17.9 Å². The summed E-state index contributed by atoms with van der Waals surface area (Å²) in [6.07, 6.45) is 1.03. The SMILES string of the molecule is NC(CCC[C@H](N)C(=O)ON1C(=O)CCC1=O)C(=O)CCl. The summed E-state index contributed by atoms with van der Waals surface area (Å²) in [4.78, 5) is 50.0. The lowest BCUT2D eigenvalue weighted by Gasteiger charge is -2.16. The number of carbonyl (C=O) groups is 4. The van der Waals surface area contributed by atoms with Crippen LogP contribution in [0.3, 0.4) is 0 Å². The van der Waals surface area contributed by atoms with Crippen LogP contribution >= 0.6 is 11.6 Å². The Balaban J connectivity index is 2.33. The van der Waals surface area contributed by atoms with Gasteiger partial charge in [-0.3, -0.25) is 14.4 Å². The van der Waals surface area contributed by atoms with Gasteiger partial charge in [0, 0.05) is 12.8 Å². The first-order valence-corrected chi connectivity index (χ1v) is 7.07. The summed E-state index contributed by atoms with van der Waals surface area (Å²) >= 11 is 5.36. The Bertz CT molecular complexity index is 427. The fourth-order valence-corrected chi connectivity index (χ4v) is 1.95. The summed E-state index contributed by atoms with van der Waals surface area (Å²) in [7, 11) is 0. The maximum absolute atomic E-state index is 11.6. The second-order valence-corrected chi connectivity index (χ2v) is 5.00. The van der Waals surface area contributed by atoms with Crippen molar-refractivity contribution in [2.45, 2.75) is 44.2 Å². The Kier molecular flexibility index (Phi) is 6.73. The van der Waals surface area contributed by atoms with Gasteiger partial charge in [0.1, 0.15) is 6.04 Å². The highest BCUT2D eigenvalue weighted by Crippen LogP contribution is 2.13. The van der Waals surface area contributed by atoms with Gasteiger partial charge in [-0.05, 0) is 19.3 Å². The van der Waals surface area contributed by atoms with Gasteiger partial charge in [-0.1, -0.05) is 0 Å². The van der Waals surface area contributed by atoms with Crippen LogP contribution < -0.4 is 11.5 Å². The number of hydroxylamine groups is 2. The number of carbonyl (C=O) groups excluding carboxylic acids is 4. The molecule has 0 aliphatic carbocycles. The topological polar surface area (TPSA) is 133 Å². The van der Waals surface area contributed by atoms with Crippen LogP contribution in [0.2, 0.25) is 0 Å². The van der Waals surface area contributed by atoms with E-state index in [-0.39, 0.29) is 30.9 Å². The van der Waals surface area contributed by atoms with Gasteiger partial charge in [-0.15, -0.1) is 16.7 Å².